The normalized spacial score (nSPS) is 12.0. The number of nitrogens with zero attached hydrogens (tertiary/aromatic N) is 3. The quantitative estimate of drug-likeness (QED) is 0.661. The number of nitrogens with one attached hydrogen (secondary N) is 1. The number of nitro groups is 1. The Morgan fingerprint density at radius 1 is 1.12 bits per heavy atom. The first kappa shape index (κ1) is 17.6. The maximum Gasteiger partial charge on any atom is 0.416 e. The summed E-state index contributed by atoms with van der Waals surface area (Å²) in [6, 6.07) is 4.91. The average molecular weight is 340 g/mol. The van der Waals surface area contributed by atoms with Gasteiger partial charge in [-0.2, -0.15) is 13.2 Å². The molecule has 0 atom stereocenters. The summed E-state index contributed by atoms with van der Waals surface area (Å²) in [6.07, 6.45) is -1.77. The first-order valence-electron chi connectivity index (χ1n) is 6.98. The molecule has 0 radical (unpaired) electrons. The van der Waals surface area contributed by atoms with Crippen molar-refractivity contribution >= 4 is 11.6 Å². The zero-order chi connectivity index (χ0) is 18.0. The number of anilines is 1. The Kier molecular flexibility index (Phi) is 4.72. The van der Waals surface area contributed by atoms with E-state index in [1.807, 2.05) is 13.8 Å². The van der Waals surface area contributed by atoms with E-state index >= 15 is 0 Å². The van der Waals surface area contributed by atoms with Crippen LogP contribution in [0.5, 0.6) is 0 Å². The first-order chi connectivity index (χ1) is 11.1. The molecule has 2 rings (SSSR count). The monoisotopic (exact) mass is 340 g/mol. The standard InChI is InChI=1S/C15H15F3N4O2/c1-14(2,21-13-19-8-12(9-20-13)22(23)24)7-10-3-5-11(6-4-10)15(16,17)18/h3-6,8-9H,7H2,1-2H3,(H,19,20,21). The van der Waals surface area contributed by atoms with Crippen LogP contribution in [0.3, 0.4) is 0 Å². The largest absolute Gasteiger partial charge is 0.416 e. The molecule has 0 unspecified atom stereocenters. The van der Waals surface area contributed by atoms with E-state index in [0.717, 1.165) is 24.5 Å². The van der Waals surface area contributed by atoms with Crippen molar-refractivity contribution in [2.24, 2.45) is 0 Å². The predicted molar refractivity (Wildman–Crippen MR) is 81.5 cm³/mol. The molecule has 0 aliphatic rings. The lowest BCUT2D eigenvalue weighted by atomic mass is 9.94. The number of alkyl halides is 3. The van der Waals surface area contributed by atoms with E-state index in [4.69, 9.17) is 0 Å². The molecule has 24 heavy (non-hydrogen) atoms. The highest BCUT2D eigenvalue weighted by molar-refractivity contribution is 5.34. The third kappa shape index (κ3) is 4.64. The Morgan fingerprint density at radius 3 is 2.12 bits per heavy atom. The molecule has 1 N–H and O–H groups in total. The molecule has 0 spiro atoms. The van der Waals surface area contributed by atoms with Crippen LogP contribution in [0.15, 0.2) is 36.7 Å². The minimum absolute atomic E-state index is 0.206. The lowest BCUT2D eigenvalue weighted by molar-refractivity contribution is -0.385. The van der Waals surface area contributed by atoms with Crippen molar-refractivity contribution in [1.29, 1.82) is 0 Å². The number of benzene rings is 1. The van der Waals surface area contributed by atoms with Crippen LogP contribution in [0.4, 0.5) is 24.8 Å². The van der Waals surface area contributed by atoms with Gasteiger partial charge in [0.2, 0.25) is 5.95 Å². The Balaban J connectivity index is 2.06. The molecule has 0 bridgehead atoms. The van der Waals surface area contributed by atoms with Gasteiger partial charge in [0.05, 0.1) is 10.5 Å². The molecule has 0 aliphatic heterocycles. The van der Waals surface area contributed by atoms with Gasteiger partial charge < -0.3 is 5.32 Å². The molecule has 1 heterocycles. The van der Waals surface area contributed by atoms with Crippen molar-refractivity contribution in [3.8, 4) is 0 Å². The summed E-state index contributed by atoms with van der Waals surface area (Å²) in [7, 11) is 0. The Bertz CT molecular complexity index is 713. The molecule has 0 aliphatic carbocycles. The molecule has 0 fully saturated rings. The molecule has 9 heteroatoms. The zero-order valence-electron chi connectivity index (χ0n) is 13.0. The predicted octanol–water partition coefficient (Wildman–Crippen LogP) is 3.84. The van der Waals surface area contributed by atoms with Crippen LogP contribution < -0.4 is 5.32 Å². The summed E-state index contributed by atoms with van der Waals surface area (Å²) in [6.45, 7) is 3.66. The van der Waals surface area contributed by atoms with Gasteiger partial charge in [-0.25, -0.2) is 9.97 Å². The minimum Gasteiger partial charge on any atom is -0.349 e. The summed E-state index contributed by atoms with van der Waals surface area (Å²) < 4.78 is 37.7. The van der Waals surface area contributed by atoms with Gasteiger partial charge >= 0.3 is 11.9 Å². The highest BCUT2D eigenvalue weighted by Gasteiger charge is 2.30. The van der Waals surface area contributed by atoms with E-state index in [1.54, 1.807) is 0 Å². The second kappa shape index (κ2) is 6.42. The van der Waals surface area contributed by atoms with Gasteiger partial charge in [0.15, 0.2) is 0 Å². The van der Waals surface area contributed by atoms with Crippen molar-refractivity contribution in [3.05, 3.63) is 57.9 Å². The lowest BCUT2D eigenvalue weighted by Gasteiger charge is -2.26. The van der Waals surface area contributed by atoms with Crippen LogP contribution in [0, 0.1) is 10.1 Å². The number of hydrogen-bond donors (Lipinski definition) is 1. The fraction of sp³-hybridized carbons (Fsp3) is 0.333. The molecule has 128 valence electrons. The molecule has 1 aromatic carbocycles. The van der Waals surface area contributed by atoms with E-state index in [9.17, 15) is 23.3 Å². The van der Waals surface area contributed by atoms with Crippen molar-refractivity contribution < 1.29 is 18.1 Å². The average Bonchev–Trinajstić information content (AvgIpc) is 2.46. The fourth-order valence-electron chi connectivity index (χ4n) is 2.15. The summed E-state index contributed by atoms with van der Waals surface area (Å²) in [5, 5.41) is 13.6. The number of halogens is 3. The topological polar surface area (TPSA) is 81.0 Å². The minimum atomic E-state index is -4.36. The highest BCUT2D eigenvalue weighted by Crippen LogP contribution is 2.29. The highest BCUT2D eigenvalue weighted by atomic mass is 19.4. The smallest absolute Gasteiger partial charge is 0.349 e. The van der Waals surface area contributed by atoms with Gasteiger partial charge in [-0.3, -0.25) is 10.1 Å². The van der Waals surface area contributed by atoms with Gasteiger partial charge in [-0.1, -0.05) is 12.1 Å². The number of aromatic nitrogens is 2. The van der Waals surface area contributed by atoms with Gasteiger partial charge in [0.25, 0.3) is 0 Å². The Morgan fingerprint density at radius 2 is 1.67 bits per heavy atom. The van der Waals surface area contributed by atoms with E-state index in [1.165, 1.54) is 12.1 Å². The van der Waals surface area contributed by atoms with Crippen LogP contribution in [0.2, 0.25) is 0 Å². The molecular formula is C15H15F3N4O2. The molecule has 0 amide bonds. The third-order valence-electron chi connectivity index (χ3n) is 3.23. The number of rotatable bonds is 5. The molecule has 0 saturated carbocycles. The first-order valence-corrected chi connectivity index (χ1v) is 6.98. The molecule has 6 nitrogen and oxygen atoms in total. The summed E-state index contributed by atoms with van der Waals surface area (Å²) in [5.74, 6) is 0.206. The van der Waals surface area contributed by atoms with Gasteiger partial charge in [0.1, 0.15) is 12.4 Å². The van der Waals surface area contributed by atoms with E-state index in [-0.39, 0.29) is 11.6 Å². The maximum absolute atomic E-state index is 12.6. The Hall–Kier alpha value is -2.71. The number of hydrogen-bond acceptors (Lipinski definition) is 5. The van der Waals surface area contributed by atoms with E-state index in [0.29, 0.717) is 12.0 Å². The van der Waals surface area contributed by atoms with Crippen LogP contribution in [-0.4, -0.2) is 20.4 Å². The lowest BCUT2D eigenvalue weighted by Crippen LogP contribution is -2.34. The second-order valence-electron chi connectivity index (χ2n) is 5.90. The van der Waals surface area contributed by atoms with Crippen LogP contribution >= 0.6 is 0 Å². The van der Waals surface area contributed by atoms with Gasteiger partial charge in [0, 0.05) is 5.54 Å². The van der Waals surface area contributed by atoms with Crippen LogP contribution in [0.1, 0.15) is 25.0 Å². The van der Waals surface area contributed by atoms with E-state index < -0.39 is 22.2 Å². The van der Waals surface area contributed by atoms with E-state index in [2.05, 4.69) is 15.3 Å². The van der Waals surface area contributed by atoms with Gasteiger partial charge in [-0.05, 0) is 38.0 Å². The van der Waals surface area contributed by atoms with Crippen molar-refractivity contribution in [2.75, 3.05) is 5.32 Å². The van der Waals surface area contributed by atoms with Crippen LogP contribution in [0.25, 0.3) is 0 Å². The molecular weight excluding hydrogens is 325 g/mol. The molecule has 0 saturated heterocycles. The van der Waals surface area contributed by atoms with Crippen molar-refractivity contribution in [3.63, 3.8) is 0 Å². The summed E-state index contributed by atoms with van der Waals surface area (Å²) >= 11 is 0. The Labute approximate surface area is 135 Å². The molecule has 2 aromatic rings. The van der Waals surface area contributed by atoms with Crippen molar-refractivity contribution in [1.82, 2.24) is 9.97 Å². The second-order valence-corrected chi connectivity index (χ2v) is 5.90. The maximum atomic E-state index is 12.6. The zero-order valence-corrected chi connectivity index (χ0v) is 13.0. The van der Waals surface area contributed by atoms with Crippen LogP contribution in [-0.2, 0) is 12.6 Å². The SMILES string of the molecule is CC(C)(Cc1ccc(C(F)(F)F)cc1)Nc1ncc([N+](=O)[O-])cn1. The summed E-state index contributed by atoms with van der Waals surface area (Å²) in [4.78, 5) is 17.7. The summed E-state index contributed by atoms with van der Waals surface area (Å²) in [5.41, 5.74) is -0.769. The fourth-order valence-corrected chi connectivity index (χ4v) is 2.15. The van der Waals surface area contributed by atoms with Gasteiger partial charge in [-0.15, -0.1) is 0 Å². The third-order valence-corrected chi connectivity index (χ3v) is 3.23. The molecule has 1 aromatic heterocycles. The van der Waals surface area contributed by atoms with Crippen molar-refractivity contribution in [2.45, 2.75) is 32.0 Å².